The highest BCUT2D eigenvalue weighted by Gasteiger charge is 2.17. The van der Waals surface area contributed by atoms with Gasteiger partial charge in [-0.25, -0.2) is 4.79 Å². The second kappa shape index (κ2) is 5.54. The van der Waals surface area contributed by atoms with Crippen molar-refractivity contribution in [2.45, 2.75) is 33.2 Å². The maximum Gasteiger partial charge on any atom is 0.328 e. The van der Waals surface area contributed by atoms with Gasteiger partial charge in [0.2, 0.25) is 0 Å². The van der Waals surface area contributed by atoms with Gasteiger partial charge < -0.3 is 10.1 Å². The lowest BCUT2D eigenvalue weighted by Gasteiger charge is -2.18. The van der Waals surface area contributed by atoms with Crippen LogP contribution in [-0.2, 0) is 9.53 Å². The van der Waals surface area contributed by atoms with Gasteiger partial charge in [0.15, 0.2) is 0 Å². The standard InChI is InChI=1S/C13H19NO2/c1-5-11(13(15)16-4)14-12-8-6-7-9(2)10(12)3/h6-8,11,14H,5H2,1-4H3/t11-/m1/s1. The van der Waals surface area contributed by atoms with E-state index >= 15 is 0 Å². The first-order valence-corrected chi connectivity index (χ1v) is 5.50. The predicted molar refractivity (Wildman–Crippen MR) is 65.6 cm³/mol. The van der Waals surface area contributed by atoms with Crippen molar-refractivity contribution in [1.82, 2.24) is 0 Å². The Morgan fingerprint density at radius 3 is 2.69 bits per heavy atom. The minimum Gasteiger partial charge on any atom is -0.467 e. The fraction of sp³-hybridized carbons (Fsp3) is 0.462. The second-order valence-electron chi connectivity index (χ2n) is 3.88. The third-order valence-electron chi connectivity index (χ3n) is 2.83. The average Bonchev–Trinajstić information content (AvgIpc) is 2.30. The molecule has 0 aromatic heterocycles. The van der Waals surface area contributed by atoms with Crippen LogP contribution >= 0.6 is 0 Å². The van der Waals surface area contributed by atoms with Crippen LogP contribution in [0.5, 0.6) is 0 Å². The number of hydrogen-bond acceptors (Lipinski definition) is 3. The Morgan fingerprint density at radius 2 is 2.12 bits per heavy atom. The van der Waals surface area contributed by atoms with Gasteiger partial charge in [0.05, 0.1) is 7.11 Å². The van der Waals surface area contributed by atoms with Gasteiger partial charge in [0.1, 0.15) is 6.04 Å². The fourth-order valence-electron chi connectivity index (χ4n) is 1.57. The van der Waals surface area contributed by atoms with E-state index in [2.05, 4.69) is 18.3 Å². The molecule has 1 N–H and O–H groups in total. The molecule has 0 radical (unpaired) electrons. The largest absolute Gasteiger partial charge is 0.467 e. The summed E-state index contributed by atoms with van der Waals surface area (Å²) >= 11 is 0. The maximum absolute atomic E-state index is 11.5. The molecule has 0 amide bonds. The van der Waals surface area contributed by atoms with Crippen LogP contribution in [-0.4, -0.2) is 19.1 Å². The van der Waals surface area contributed by atoms with Gasteiger partial charge in [-0.15, -0.1) is 0 Å². The third-order valence-corrected chi connectivity index (χ3v) is 2.83. The molecule has 0 aliphatic rings. The van der Waals surface area contributed by atoms with E-state index in [1.54, 1.807) is 0 Å². The predicted octanol–water partition coefficient (Wildman–Crippen LogP) is 2.67. The molecule has 16 heavy (non-hydrogen) atoms. The van der Waals surface area contributed by atoms with Gasteiger partial charge in [-0.05, 0) is 37.5 Å². The van der Waals surface area contributed by atoms with E-state index in [1.165, 1.54) is 18.2 Å². The molecule has 0 aliphatic carbocycles. The molecular formula is C13H19NO2. The Labute approximate surface area is 96.8 Å². The number of carbonyl (C=O) groups is 1. The minimum atomic E-state index is -0.273. The molecule has 0 unspecified atom stereocenters. The van der Waals surface area contributed by atoms with E-state index in [-0.39, 0.29) is 12.0 Å². The van der Waals surface area contributed by atoms with E-state index in [1.807, 2.05) is 26.0 Å². The van der Waals surface area contributed by atoms with Gasteiger partial charge in [0, 0.05) is 5.69 Å². The molecule has 0 heterocycles. The lowest BCUT2D eigenvalue weighted by molar-refractivity contribution is -0.141. The van der Waals surface area contributed by atoms with E-state index in [4.69, 9.17) is 4.74 Å². The molecular weight excluding hydrogens is 202 g/mol. The summed E-state index contributed by atoms with van der Waals surface area (Å²) in [7, 11) is 1.41. The van der Waals surface area contributed by atoms with Crippen molar-refractivity contribution in [3.05, 3.63) is 29.3 Å². The second-order valence-corrected chi connectivity index (χ2v) is 3.88. The number of carbonyl (C=O) groups excluding carboxylic acids is 1. The quantitative estimate of drug-likeness (QED) is 0.794. The summed E-state index contributed by atoms with van der Waals surface area (Å²) < 4.78 is 4.74. The number of methoxy groups -OCH3 is 1. The van der Waals surface area contributed by atoms with Crippen molar-refractivity contribution in [3.63, 3.8) is 0 Å². The molecule has 0 spiro atoms. The Balaban J connectivity index is 2.86. The molecule has 1 rings (SSSR count). The van der Waals surface area contributed by atoms with Crippen molar-refractivity contribution < 1.29 is 9.53 Å². The van der Waals surface area contributed by atoms with E-state index in [0.29, 0.717) is 6.42 Å². The Hall–Kier alpha value is -1.51. The highest BCUT2D eigenvalue weighted by molar-refractivity contribution is 5.79. The van der Waals surface area contributed by atoms with Crippen molar-refractivity contribution in [1.29, 1.82) is 0 Å². The van der Waals surface area contributed by atoms with Gasteiger partial charge >= 0.3 is 5.97 Å². The molecule has 0 fully saturated rings. The normalized spacial score (nSPS) is 12.0. The molecule has 3 nitrogen and oxygen atoms in total. The SMILES string of the molecule is CC[C@@H](Nc1cccc(C)c1C)C(=O)OC. The van der Waals surface area contributed by atoms with Crippen LogP contribution in [0.3, 0.4) is 0 Å². The number of rotatable bonds is 4. The molecule has 0 bridgehead atoms. The van der Waals surface area contributed by atoms with Crippen LogP contribution in [0, 0.1) is 13.8 Å². The average molecular weight is 221 g/mol. The molecule has 1 atom stereocenters. The van der Waals surface area contributed by atoms with Gasteiger partial charge in [-0.1, -0.05) is 19.1 Å². The van der Waals surface area contributed by atoms with Crippen molar-refractivity contribution in [2.75, 3.05) is 12.4 Å². The van der Waals surface area contributed by atoms with Gasteiger partial charge in [-0.2, -0.15) is 0 Å². The van der Waals surface area contributed by atoms with Gasteiger partial charge in [-0.3, -0.25) is 0 Å². The fourth-order valence-corrected chi connectivity index (χ4v) is 1.57. The lowest BCUT2D eigenvalue weighted by atomic mass is 10.1. The third kappa shape index (κ3) is 2.75. The Bertz CT molecular complexity index is 374. The van der Waals surface area contributed by atoms with E-state index in [9.17, 15) is 4.79 Å². The van der Waals surface area contributed by atoms with Gasteiger partial charge in [0.25, 0.3) is 0 Å². The topological polar surface area (TPSA) is 38.3 Å². The zero-order chi connectivity index (χ0) is 12.1. The molecule has 1 aromatic carbocycles. The summed E-state index contributed by atoms with van der Waals surface area (Å²) in [5.74, 6) is -0.219. The summed E-state index contributed by atoms with van der Waals surface area (Å²) in [4.78, 5) is 11.5. The smallest absolute Gasteiger partial charge is 0.328 e. The first kappa shape index (κ1) is 12.6. The first-order valence-electron chi connectivity index (χ1n) is 5.50. The first-order chi connectivity index (χ1) is 7.60. The van der Waals surface area contributed by atoms with Crippen LogP contribution in [0.15, 0.2) is 18.2 Å². The number of anilines is 1. The highest BCUT2D eigenvalue weighted by Crippen LogP contribution is 2.19. The van der Waals surface area contributed by atoms with Crippen LogP contribution in [0.2, 0.25) is 0 Å². The number of esters is 1. The number of aryl methyl sites for hydroxylation is 1. The summed E-state index contributed by atoms with van der Waals surface area (Å²) in [6.45, 7) is 6.06. The minimum absolute atomic E-state index is 0.219. The van der Waals surface area contributed by atoms with Crippen molar-refractivity contribution in [3.8, 4) is 0 Å². The van der Waals surface area contributed by atoms with Crippen LogP contribution in [0.4, 0.5) is 5.69 Å². The molecule has 0 saturated carbocycles. The van der Waals surface area contributed by atoms with E-state index in [0.717, 1.165) is 5.69 Å². The molecule has 1 aromatic rings. The summed E-state index contributed by atoms with van der Waals surface area (Å²) in [5.41, 5.74) is 3.38. The van der Waals surface area contributed by atoms with Crippen LogP contribution in [0.1, 0.15) is 24.5 Å². The summed E-state index contributed by atoms with van der Waals surface area (Å²) in [6.07, 6.45) is 0.708. The molecule has 0 saturated heterocycles. The Kier molecular flexibility index (Phi) is 4.35. The number of benzene rings is 1. The summed E-state index contributed by atoms with van der Waals surface area (Å²) in [6, 6.07) is 5.74. The maximum atomic E-state index is 11.5. The molecule has 0 aliphatic heterocycles. The number of ether oxygens (including phenoxy) is 1. The molecule has 88 valence electrons. The van der Waals surface area contributed by atoms with Crippen molar-refractivity contribution in [2.24, 2.45) is 0 Å². The van der Waals surface area contributed by atoms with E-state index < -0.39 is 0 Å². The Morgan fingerprint density at radius 1 is 1.44 bits per heavy atom. The highest BCUT2D eigenvalue weighted by atomic mass is 16.5. The monoisotopic (exact) mass is 221 g/mol. The summed E-state index contributed by atoms with van der Waals surface area (Å²) in [5, 5.41) is 3.21. The van der Waals surface area contributed by atoms with Crippen LogP contribution in [0.25, 0.3) is 0 Å². The molecule has 3 heteroatoms. The van der Waals surface area contributed by atoms with Crippen LogP contribution < -0.4 is 5.32 Å². The zero-order valence-corrected chi connectivity index (χ0v) is 10.3. The zero-order valence-electron chi connectivity index (χ0n) is 10.3. The number of hydrogen-bond donors (Lipinski definition) is 1. The lowest BCUT2D eigenvalue weighted by Crippen LogP contribution is -2.30. The number of nitrogens with one attached hydrogen (secondary N) is 1. The van der Waals surface area contributed by atoms with Crippen molar-refractivity contribution >= 4 is 11.7 Å².